The number of fused-ring (bicyclic) bond motifs is 1. The van der Waals surface area contributed by atoms with Crippen LogP contribution in [0, 0.1) is 0 Å². The van der Waals surface area contributed by atoms with Crippen molar-refractivity contribution in [2.75, 3.05) is 10.6 Å². The van der Waals surface area contributed by atoms with Gasteiger partial charge in [-0.05, 0) is 36.4 Å². The molecule has 2 heterocycles. The molecule has 128 valence electrons. The van der Waals surface area contributed by atoms with Crippen molar-refractivity contribution in [1.29, 1.82) is 0 Å². The Morgan fingerprint density at radius 1 is 0.769 bits per heavy atom. The zero-order valence-electron chi connectivity index (χ0n) is 13.4. The molecule has 2 aromatic heterocycles. The Labute approximate surface area is 160 Å². The van der Waals surface area contributed by atoms with Gasteiger partial charge in [-0.3, -0.25) is 4.98 Å². The van der Waals surface area contributed by atoms with Crippen LogP contribution < -0.4 is 10.6 Å². The number of anilines is 4. The smallest absolute Gasteiger partial charge is 0.229 e. The average molecular weight is 382 g/mol. The highest BCUT2D eigenvalue weighted by molar-refractivity contribution is 6.35. The van der Waals surface area contributed by atoms with Crippen LogP contribution in [0.4, 0.5) is 23.1 Å². The van der Waals surface area contributed by atoms with Gasteiger partial charge in [0.1, 0.15) is 5.82 Å². The molecule has 26 heavy (non-hydrogen) atoms. The van der Waals surface area contributed by atoms with Crippen LogP contribution in [0.15, 0.2) is 67.0 Å². The number of rotatable bonds is 4. The van der Waals surface area contributed by atoms with E-state index in [-0.39, 0.29) is 0 Å². The van der Waals surface area contributed by atoms with Crippen molar-refractivity contribution in [1.82, 2.24) is 15.0 Å². The Bertz CT molecular complexity index is 1060. The van der Waals surface area contributed by atoms with Gasteiger partial charge >= 0.3 is 0 Å². The summed E-state index contributed by atoms with van der Waals surface area (Å²) >= 11 is 12.1. The molecule has 0 saturated carbocycles. The van der Waals surface area contributed by atoms with Crippen LogP contribution in [0.3, 0.4) is 0 Å². The molecule has 4 rings (SSSR count). The van der Waals surface area contributed by atoms with Crippen molar-refractivity contribution < 1.29 is 0 Å². The lowest BCUT2D eigenvalue weighted by Crippen LogP contribution is -2.01. The molecular formula is C19H13Cl2N5. The van der Waals surface area contributed by atoms with Crippen LogP contribution in [0.1, 0.15) is 0 Å². The van der Waals surface area contributed by atoms with Gasteiger partial charge in [0.15, 0.2) is 0 Å². The quantitative estimate of drug-likeness (QED) is 0.466. The molecule has 2 N–H and O–H groups in total. The van der Waals surface area contributed by atoms with Crippen molar-refractivity contribution >= 4 is 57.2 Å². The van der Waals surface area contributed by atoms with Crippen molar-refractivity contribution in [3.05, 3.63) is 77.0 Å². The van der Waals surface area contributed by atoms with E-state index in [1.54, 1.807) is 36.7 Å². The molecular weight excluding hydrogens is 369 g/mol. The molecule has 0 bridgehead atoms. The number of hydrogen-bond donors (Lipinski definition) is 2. The monoisotopic (exact) mass is 381 g/mol. The number of benzene rings is 2. The molecule has 0 saturated heterocycles. The number of nitrogens with zero attached hydrogens (tertiary/aromatic N) is 3. The van der Waals surface area contributed by atoms with E-state index in [9.17, 15) is 0 Å². The molecule has 0 amide bonds. The summed E-state index contributed by atoms with van der Waals surface area (Å²) in [5, 5.41) is 8.52. The fourth-order valence-corrected chi connectivity index (χ4v) is 3.11. The maximum atomic E-state index is 6.03. The Balaban J connectivity index is 1.61. The predicted octanol–water partition coefficient (Wildman–Crippen LogP) is 5.82. The lowest BCUT2D eigenvalue weighted by atomic mass is 10.2. The minimum atomic E-state index is 0.432. The fraction of sp³-hybridized carbons (Fsp3) is 0. The number of halogens is 2. The fourth-order valence-electron chi connectivity index (χ4n) is 2.59. The van der Waals surface area contributed by atoms with E-state index in [1.165, 1.54) is 0 Å². The van der Waals surface area contributed by atoms with Gasteiger partial charge in [-0.15, -0.1) is 0 Å². The molecule has 7 heteroatoms. The summed E-state index contributed by atoms with van der Waals surface area (Å²) in [5.41, 5.74) is 2.47. The summed E-state index contributed by atoms with van der Waals surface area (Å²) < 4.78 is 0. The summed E-state index contributed by atoms with van der Waals surface area (Å²) in [4.78, 5) is 13.2. The molecule has 0 radical (unpaired) electrons. The molecule has 0 aliphatic heterocycles. The zero-order chi connectivity index (χ0) is 17.9. The van der Waals surface area contributed by atoms with Crippen LogP contribution in [0.25, 0.3) is 10.9 Å². The van der Waals surface area contributed by atoms with Crippen molar-refractivity contribution in [2.24, 2.45) is 0 Å². The normalized spacial score (nSPS) is 10.7. The first-order chi connectivity index (χ1) is 12.7. The van der Waals surface area contributed by atoms with Crippen LogP contribution in [0.2, 0.25) is 10.0 Å². The molecule has 2 aromatic carbocycles. The summed E-state index contributed by atoms with van der Waals surface area (Å²) in [6, 6.07) is 16.8. The van der Waals surface area contributed by atoms with Gasteiger partial charge in [0.25, 0.3) is 0 Å². The van der Waals surface area contributed by atoms with Gasteiger partial charge in [0.05, 0.1) is 11.2 Å². The second kappa shape index (κ2) is 7.15. The summed E-state index contributed by atoms with van der Waals surface area (Å²) in [5.74, 6) is 1.08. The van der Waals surface area contributed by atoms with E-state index in [0.29, 0.717) is 27.5 Å². The summed E-state index contributed by atoms with van der Waals surface area (Å²) in [7, 11) is 0. The number of hydrogen-bond acceptors (Lipinski definition) is 5. The van der Waals surface area contributed by atoms with Gasteiger partial charge in [0.2, 0.25) is 5.95 Å². The van der Waals surface area contributed by atoms with Gasteiger partial charge in [-0.25, -0.2) is 4.98 Å². The van der Waals surface area contributed by atoms with Crippen molar-refractivity contribution in [2.45, 2.75) is 0 Å². The molecule has 0 spiro atoms. The number of nitrogens with one attached hydrogen (secondary N) is 2. The van der Waals surface area contributed by atoms with E-state index >= 15 is 0 Å². The Hall–Kier alpha value is -2.89. The second-order valence-corrected chi connectivity index (χ2v) is 6.43. The number of pyridine rings is 1. The average Bonchev–Trinajstić information content (AvgIpc) is 2.61. The highest BCUT2D eigenvalue weighted by atomic mass is 35.5. The van der Waals surface area contributed by atoms with E-state index in [0.717, 1.165) is 16.6 Å². The first-order valence-corrected chi connectivity index (χ1v) is 8.60. The third-order valence-corrected chi connectivity index (χ3v) is 4.11. The highest BCUT2D eigenvalue weighted by Gasteiger charge is 2.05. The Kier molecular flexibility index (Phi) is 4.56. The SMILES string of the molecule is Clc1cc(Cl)cc(Nc2nccc(Nc3cccc4cccnc34)n2)c1. The van der Waals surface area contributed by atoms with E-state index in [4.69, 9.17) is 23.2 Å². The van der Waals surface area contributed by atoms with E-state index in [2.05, 4.69) is 25.6 Å². The first kappa shape index (κ1) is 16.6. The standard InChI is InChI=1S/C19H13Cl2N5/c20-13-9-14(21)11-15(10-13)24-19-23-8-6-17(26-19)25-16-5-1-3-12-4-2-7-22-18(12)16/h1-11H,(H2,23,24,25,26). The van der Waals surface area contributed by atoms with Gasteiger partial charge in [-0.2, -0.15) is 4.98 Å². The molecule has 0 unspecified atom stereocenters. The molecule has 0 atom stereocenters. The van der Waals surface area contributed by atoms with E-state index < -0.39 is 0 Å². The van der Waals surface area contributed by atoms with Gasteiger partial charge < -0.3 is 10.6 Å². The molecule has 4 aromatic rings. The second-order valence-electron chi connectivity index (χ2n) is 5.55. The Morgan fingerprint density at radius 2 is 1.58 bits per heavy atom. The van der Waals surface area contributed by atoms with Gasteiger partial charge in [0, 0.05) is 33.5 Å². The third kappa shape index (κ3) is 3.69. The van der Waals surface area contributed by atoms with Crippen LogP contribution in [-0.2, 0) is 0 Å². The lowest BCUT2D eigenvalue weighted by Gasteiger charge is -2.10. The van der Waals surface area contributed by atoms with Crippen LogP contribution in [-0.4, -0.2) is 15.0 Å². The summed E-state index contributed by atoms with van der Waals surface area (Å²) in [6.45, 7) is 0. The first-order valence-electron chi connectivity index (χ1n) is 7.84. The molecule has 0 aliphatic carbocycles. The topological polar surface area (TPSA) is 62.7 Å². The van der Waals surface area contributed by atoms with Crippen LogP contribution >= 0.6 is 23.2 Å². The third-order valence-electron chi connectivity index (χ3n) is 3.67. The largest absolute Gasteiger partial charge is 0.338 e. The molecule has 0 fully saturated rings. The minimum absolute atomic E-state index is 0.432. The minimum Gasteiger partial charge on any atom is -0.338 e. The molecule has 5 nitrogen and oxygen atoms in total. The maximum Gasteiger partial charge on any atom is 0.229 e. The maximum absolute atomic E-state index is 6.03. The van der Waals surface area contributed by atoms with Crippen molar-refractivity contribution in [3.8, 4) is 0 Å². The number of para-hydroxylation sites is 1. The van der Waals surface area contributed by atoms with Crippen molar-refractivity contribution in [3.63, 3.8) is 0 Å². The lowest BCUT2D eigenvalue weighted by molar-refractivity contribution is 1.17. The van der Waals surface area contributed by atoms with Gasteiger partial charge in [-0.1, -0.05) is 41.4 Å². The molecule has 0 aliphatic rings. The summed E-state index contributed by atoms with van der Waals surface area (Å²) in [6.07, 6.45) is 3.44. The highest BCUT2D eigenvalue weighted by Crippen LogP contribution is 2.26. The Morgan fingerprint density at radius 3 is 2.42 bits per heavy atom. The zero-order valence-corrected chi connectivity index (χ0v) is 15.0. The van der Waals surface area contributed by atoms with E-state index in [1.807, 2.05) is 30.3 Å². The van der Waals surface area contributed by atoms with Crippen LogP contribution in [0.5, 0.6) is 0 Å². The predicted molar refractivity (Wildman–Crippen MR) is 107 cm³/mol. The number of aromatic nitrogens is 3.